The van der Waals surface area contributed by atoms with E-state index in [9.17, 15) is 4.79 Å². The van der Waals surface area contributed by atoms with Gasteiger partial charge in [0.15, 0.2) is 5.65 Å². The molecule has 0 atom stereocenters. The molecule has 0 aliphatic rings. The second-order valence-corrected chi connectivity index (χ2v) is 4.82. The molecule has 0 saturated heterocycles. The highest BCUT2D eigenvalue weighted by Crippen LogP contribution is 2.24. The van der Waals surface area contributed by atoms with Crippen molar-refractivity contribution in [3.63, 3.8) is 0 Å². The Labute approximate surface area is 110 Å². The smallest absolute Gasteiger partial charge is 0.317 e. The van der Waals surface area contributed by atoms with Crippen LogP contribution in [-0.4, -0.2) is 27.2 Å². The number of imidazole rings is 1. The normalized spacial score (nSPS) is 11.8. The second kappa shape index (κ2) is 4.57. The molecule has 18 heavy (non-hydrogen) atoms. The van der Waals surface area contributed by atoms with Crippen LogP contribution in [0.15, 0.2) is 18.3 Å². The number of fused-ring (bicyclic) bond motifs is 1. The Kier molecular flexibility index (Phi) is 3.26. The molecule has 2 heterocycles. The summed E-state index contributed by atoms with van der Waals surface area (Å²) in [7, 11) is 0. The first-order valence-electron chi connectivity index (χ1n) is 5.64. The maximum Gasteiger partial charge on any atom is 0.317 e. The Morgan fingerprint density at radius 3 is 2.89 bits per heavy atom. The standard InChI is InChI=1S/C12H14ClN3O2/c1-4-18-11(17)12(2,3)8-7-16-10(14-8)6-5-9(13)15-16/h5-7H,4H2,1-3H3. The summed E-state index contributed by atoms with van der Waals surface area (Å²) >= 11 is 5.80. The Balaban J connectivity index is 2.44. The molecule has 0 fully saturated rings. The minimum absolute atomic E-state index is 0.306. The van der Waals surface area contributed by atoms with Crippen LogP contribution in [0.5, 0.6) is 0 Å². The van der Waals surface area contributed by atoms with Crippen LogP contribution >= 0.6 is 11.6 Å². The van der Waals surface area contributed by atoms with Gasteiger partial charge in [0.2, 0.25) is 0 Å². The van der Waals surface area contributed by atoms with Gasteiger partial charge in [-0.15, -0.1) is 0 Å². The molecule has 0 N–H and O–H groups in total. The van der Waals surface area contributed by atoms with Crippen molar-refractivity contribution in [2.45, 2.75) is 26.2 Å². The molecule has 0 radical (unpaired) electrons. The van der Waals surface area contributed by atoms with E-state index in [1.807, 2.05) is 0 Å². The van der Waals surface area contributed by atoms with Gasteiger partial charge in [0.05, 0.1) is 18.5 Å². The number of nitrogens with zero attached hydrogens (tertiary/aromatic N) is 3. The third kappa shape index (κ3) is 2.18. The molecule has 0 aromatic carbocycles. The first-order valence-corrected chi connectivity index (χ1v) is 6.02. The van der Waals surface area contributed by atoms with Crippen LogP contribution in [0.4, 0.5) is 0 Å². The van der Waals surface area contributed by atoms with Crippen molar-refractivity contribution >= 4 is 23.2 Å². The third-order valence-corrected chi connectivity index (χ3v) is 2.92. The average Bonchev–Trinajstić information content (AvgIpc) is 2.72. The molecule has 5 nitrogen and oxygen atoms in total. The quantitative estimate of drug-likeness (QED) is 0.800. The van der Waals surface area contributed by atoms with Gasteiger partial charge in [-0.1, -0.05) is 11.6 Å². The number of rotatable bonds is 3. The van der Waals surface area contributed by atoms with Gasteiger partial charge >= 0.3 is 5.97 Å². The van der Waals surface area contributed by atoms with E-state index in [-0.39, 0.29) is 5.97 Å². The highest BCUT2D eigenvalue weighted by molar-refractivity contribution is 6.29. The topological polar surface area (TPSA) is 56.5 Å². The monoisotopic (exact) mass is 267 g/mol. The predicted octanol–water partition coefficient (Wildman–Crippen LogP) is 2.22. The van der Waals surface area contributed by atoms with Crippen LogP contribution in [0.3, 0.4) is 0 Å². The van der Waals surface area contributed by atoms with Gasteiger partial charge in [-0.2, -0.15) is 5.10 Å². The lowest BCUT2D eigenvalue weighted by atomic mass is 9.90. The summed E-state index contributed by atoms with van der Waals surface area (Å²) in [5.74, 6) is -0.306. The maximum atomic E-state index is 11.9. The average molecular weight is 268 g/mol. The van der Waals surface area contributed by atoms with E-state index >= 15 is 0 Å². The summed E-state index contributed by atoms with van der Waals surface area (Å²) < 4.78 is 6.60. The summed E-state index contributed by atoms with van der Waals surface area (Å²) in [5.41, 5.74) is 0.443. The number of hydrogen-bond acceptors (Lipinski definition) is 4. The van der Waals surface area contributed by atoms with Gasteiger partial charge in [-0.3, -0.25) is 4.79 Å². The molecular formula is C12H14ClN3O2. The Bertz CT molecular complexity index is 592. The van der Waals surface area contributed by atoms with Gasteiger partial charge < -0.3 is 4.74 Å². The Hall–Kier alpha value is -1.62. The Morgan fingerprint density at radius 1 is 1.50 bits per heavy atom. The van der Waals surface area contributed by atoms with E-state index in [1.54, 1.807) is 43.6 Å². The predicted molar refractivity (Wildman–Crippen MR) is 67.7 cm³/mol. The van der Waals surface area contributed by atoms with Gasteiger partial charge in [-0.25, -0.2) is 9.50 Å². The summed E-state index contributed by atoms with van der Waals surface area (Å²) in [6.07, 6.45) is 1.69. The number of ether oxygens (including phenoxy) is 1. The van der Waals surface area contributed by atoms with E-state index in [1.165, 1.54) is 0 Å². The SMILES string of the molecule is CCOC(=O)C(C)(C)c1cn2nc(Cl)ccc2n1. The van der Waals surface area contributed by atoms with E-state index in [0.717, 1.165) is 0 Å². The maximum absolute atomic E-state index is 11.9. The fourth-order valence-electron chi connectivity index (χ4n) is 1.58. The second-order valence-electron chi connectivity index (χ2n) is 4.43. The summed E-state index contributed by atoms with van der Waals surface area (Å²) in [6, 6.07) is 3.41. The van der Waals surface area contributed by atoms with Crippen molar-refractivity contribution in [3.8, 4) is 0 Å². The summed E-state index contributed by atoms with van der Waals surface area (Å²) in [6.45, 7) is 5.67. The minimum Gasteiger partial charge on any atom is -0.465 e. The molecule has 2 aromatic rings. The van der Waals surface area contributed by atoms with Crippen molar-refractivity contribution in [2.75, 3.05) is 6.61 Å². The van der Waals surface area contributed by atoms with Crippen molar-refractivity contribution in [2.24, 2.45) is 0 Å². The molecule has 96 valence electrons. The molecule has 0 spiro atoms. The lowest BCUT2D eigenvalue weighted by molar-refractivity contribution is -0.148. The number of carbonyl (C=O) groups is 1. The van der Waals surface area contributed by atoms with Crippen LogP contribution in [0.25, 0.3) is 5.65 Å². The highest BCUT2D eigenvalue weighted by atomic mass is 35.5. The van der Waals surface area contributed by atoms with Crippen molar-refractivity contribution in [1.82, 2.24) is 14.6 Å². The number of aromatic nitrogens is 3. The lowest BCUT2D eigenvalue weighted by Crippen LogP contribution is -2.31. The number of halogens is 1. The molecular weight excluding hydrogens is 254 g/mol. The molecule has 0 amide bonds. The molecule has 0 unspecified atom stereocenters. The molecule has 2 rings (SSSR count). The van der Waals surface area contributed by atoms with Gasteiger partial charge in [-0.05, 0) is 32.9 Å². The fourth-order valence-corrected chi connectivity index (χ4v) is 1.72. The molecule has 6 heteroatoms. The number of esters is 1. The van der Waals surface area contributed by atoms with Crippen LogP contribution in [-0.2, 0) is 14.9 Å². The molecule has 0 saturated carbocycles. The Morgan fingerprint density at radius 2 is 2.22 bits per heavy atom. The van der Waals surface area contributed by atoms with Gasteiger partial charge in [0, 0.05) is 0 Å². The zero-order valence-electron chi connectivity index (χ0n) is 10.5. The largest absolute Gasteiger partial charge is 0.465 e. The van der Waals surface area contributed by atoms with E-state index in [2.05, 4.69) is 10.1 Å². The van der Waals surface area contributed by atoms with Crippen molar-refractivity contribution < 1.29 is 9.53 Å². The van der Waals surface area contributed by atoms with Gasteiger partial charge in [0.25, 0.3) is 0 Å². The zero-order valence-corrected chi connectivity index (χ0v) is 11.2. The number of carbonyl (C=O) groups excluding carboxylic acids is 1. The first-order chi connectivity index (χ1) is 8.45. The van der Waals surface area contributed by atoms with E-state index < -0.39 is 5.41 Å². The van der Waals surface area contributed by atoms with Crippen LogP contribution < -0.4 is 0 Å². The van der Waals surface area contributed by atoms with Crippen LogP contribution in [0.1, 0.15) is 26.5 Å². The van der Waals surface area contributed by atoms with E-state index in [4.69, 9.17) is 16.3 Å². The molecule has 0 aliphatic heterocycles. The fraction of sp³-hybridized carbons (Fsp3) is 0.417. The summed E-state index contributed by atoms with van der Waals surface area (Å²) in [5, 5.41) is 4.46. The minimum atomic E-state index is -0.809. The van der Waals surface area contributed by atoms with Gasteiger partial charge in [0.1, 0.15) is 10.6 Å². The van der Waals surface area contributed by atoms with Crippen LogP contribution in [0.2, 0.25) is 5.15 Å². The lowest BCUT2D eigenvalue weighted by Gasteiger charge is -2.19. The number of hydrogen-bond donors (Lipinski definition) is 0. The first kappa shape index (κ1) is 12.8. The van der Waals surface area contributed by atoms with Crippen molar-refractivity contribution in [1.29, 1.82) is 0 Å². The highest BCUT2D eigenvalue weighted by Gasteiger charge is 2.34. The zero-order chi connectivity index (χ0) is 13.3. The van der Waals surface area contributed by atoms with Crippen LogP contribution in [0, 0.1) is 0 Å². The molecule has 2 aromatic heterocycles. The third-order valence-electron chi connectivity index (χ3n) is 2.71. The molecule has 0 bridgehead atoms. The summed E-state index contributed by atoms with van der Waals surface area (Å²) in [4.78, 5) is 16.3. The molecule has 0 aliphatic carbocycles. The van der Waals surface area contributed by atoms with Crippen molar-refractivity contribution in [3.05, 3.63) is 29.2 Å². The van der Waals surface area contributed by atoms with E-state index in [0.29, 0.717) is 23.1 Å².